The number of pyridine rings is 1. The van der Waals surface area contributed by atoms with Crippen LogP contribution in [0.2, 0.25) is 0 Å². The van der Waals surface area contributed by atoms with Gasteiger partial charge in [0.05, 0.1) is 29.1 Å². The molecule has 0 saturated carbocycles. The van der Waals surface area contributed by atoms with Gasteiger partial charge in [0.1, 0.15) is 0 Å². The second-order valence-corrected chi connectivity index (χ2v) is 7.18. The van der Waals surface area contributed by atoms with Crippen molar-refractivity contribution in [1.29, 1.82) is 0 Å². The summed E-state index contributed by atoms with van der Waals surface area (Å²) in [5.74, 6) is 0.693. The summed E-state index contributed by atoms with van der Waals surface area (Å²) in [7, 11) is 0. The van der Waals surface area contributed by atoms with Gasteiger partial charge < -0.3 is 15.4 Å². The molecule has 7 heteroatoms. The van der Waals surface area contributed by atoms with Gasteiger partial charge in [-0.1, -0.05) is 0 Å². The number of rotatable bonds is 3. The molecular formula is C17H23N5O2. The monoisotopic (exact) mass is 329 g/mol. The van der Waals surface area contributed by atoms with Crippen LogP contribution in [0.15, 0.2) is 36.8 Å². The Morgan fingerprint density at radius 2 is 2.12 bits per heavy atom. The molecule has 128 valence electrons. The molecule has 3 rings (SSSR count). The van der Waals surface area contributed by atoms with Crippen molar-refractivity contribution in [3.8, 4) is 5.82 Å². The molecule has 24 heavy (non-hydrogen) atoms. The molecule has 3 heterocycles. The van der Waals surface area contributed by atoms with E-state index in [0.717, 1.165) is 6.42 Å². The maximum atomic E-state index is 12.3. The molecule has 2 aromatic rings. The molecule has 0 bridgehead atoms. The number of carbonyl (C=O) groups excluding carboxylic acids is 1. The van der Waals surface area contributed by atoms with Crippen LogP contribution in [0.4, 0.5) is 10.5 Å². The van der Waals surface area contributed by atoms with Crippen molar-refractivity contribution in [2.75, 3.05) is 5.32 Å². The first kappa shape index (κ1) is 16.4. The zero-order valence-electron chi connectivity index (χ0n) is 14.4. The van der Waals surface area contributed by atoms with Crippen LogP contribution >= 0.6 is 0 Å². The summed E-state index contributed by atoms with van der Waals surface area (Å²) in [5.41, 5.74) is -0.0170. The molecule has 2 amide bonds. The Hall–Kier alpha value is -2.41. The van der Waals surface area contributed by atoms with E-state index in [4.69, 9.17) is 4.74 Å². The molecule has 0 aliphatic carbocycles. The van der Waals surface area contributed by atoms with Gasteiger partial charge in [0.15, 0.2) is 5.82 Å². The number of aromatic nitrogens is 3. The van der Waals surface area contributed by atoms with Crippen LogP contribution in [0.25, 0.3) is 5.82 Å². The van der Waals surface area contributed by atoms with Crippen LogP contribution in [0, 0.1) is 0 Å². The van der Waals surface area contributed by atoms with Gasteiger partial charge in [-0.05, 0) is 52.3 Å². The highest BCUT2D eigenvalue weighted by Crippen LogP contribution is 2.37. The Morgan fingerprint density at radius 1 is 1.33 bits per heavy atom. The molecule has 2 aromatic heterocycles. The molecule has 1 aliphatic heterocycles. The lowest BCUT2D eigenvalue weighted by Crippen LogP contribution is -2.47. The van der Waals surface area contributed by atoms with Crippen molar-refractivity contribution in [3.63, 3.8) is 0 Å². The number of amides is 2. The molecular weight excluding hydrogens is 306 g/mol. The molecule has 1 unspecified atom stereocenters. The topological polar surface area (TPSA) is 81.1 Å². The van der Waals surface area contributed by atoms with Crippen LogP contribution in [0.5, 0.6) is 0 Å². The zero-order chi connectivity index (χ0) is 17.4. The molecule has 7 nitrogen and oxygen atoms in total. The first-order valence-corrected chi connectivity index (χ1v) is 7.99. The number of ether oxygens (including phenoxy) is 1. The predicted molar refractivity (Wildman–Crippen MR) is 91.2 cm³/mol. The average molecular weight is 329 g/mol. The second kappa shape index (κ2) is 5.90. The summed E-state index contributed by atoms with van der Waals surface area (Å²) < 4.78 is 7.65. The Labute approximate surface area is 141 Å². The smallest absolute Gasteiger partial charge is 0.319 e. The first-order valence-electron chi connectivity index (χ1n) is 7.99. The van der Waals surface area contributed by atoms with E-state index in [1.165, 1.54) is 0 Å². The van der Waals surface area contributed by atoms with Gasteiger partial charge in [-0.25, -0.2) is 14.5 Å². The fourth-order valence-electron chi connectivity index (χ4n) is 3.11. The van der Waals surface area contributed by atoms with Crippen molar-refractivity contribution in [3.05, 3.63) is 36.8 Å². The fourth-order valence-corrected chi connectivity index (χ4v) is 3.11. The number of anilines is 1. The van der Waals surface area contributed by atoms with Gasteiger partial charge in [-0.15, -0.1) is 0 Å². The molecule has 1 aliphatic rings. The minimum Gasteiger partial charge on any atom is -0.367 e. The van der Waals surface area contributed by atoms with Gasteiger partial charge in [0.2, 0.25) is 0 Å². The minimum absolute atomic E-state index is 0.0520. The SMILES string of the molecule is CC1(C)CC(NC(=O)Nc2ccc(-n3cccn3)nc2)C(C)(C)O1. The highest BCUT2D eigenvalue weighted by Gasteiger charge is 2.46. The average Bonchev–Trinajstić information content (AvgIpc) is 3.06. The third-order valence-corrected chi connectivity index (χ3v) is 4.12. The first-order chi connectivity index (χ1) is 11.3. The summed E-state index contributed by atoms with van der Waals surface area (Å²) in [6, 6.07) is 5.11. The molecule has 0 radical (unpaired) electrons. The predicted octanol–water partition coefficient (Wildman–Crippen LogP) is 2.73. The number of nitrogens with one attached hydrogen (secondary N) is 2. The Morgan fingerprint density at radius 3 is 2.67 bits per heavy atom. The highest BCUT2D eigenvalue weighted by atomic mass is 16.5. The lowest BCUT2D eigenvalue weighted by Gasteiger charge is -2.27. The van der Waals surface area contributed by atoms with Crippen molar-refractivity contribution >= 4 is 11.7 Å². The fraction of sp³-hybridized carbons (Fsp3) is 0.471. The Kier molecular flexibility index (Phi) is 4.04. The highest BCUT2D eigenvalue weighted by molar-refractivity contribution is 5.89. The van der Waals surface area contributed by atoms with E-state index >= 15 is 0 Å². The van der Waals surface area contributed by atoms with Gasteiger partial charge in [0.25, 0.3) is 0 Å². The Bertz CT molecular complexity index is 707. The van der Waals surface area contributed by atoms with E-state index in [2.05, 4.69) is 20.7 Å². The van der Waals surface area contributed by atoms with Crippen LogP contribution in [-0.2, 0) is 4.74 Å². The molecule has 0 spiro atoms. The standard InChI is InChI=1S/C17H23N5O2/c1-16(2)10-13(17(3,4)24-16)21-15(23)20-12-6-7-14(18-11-12)22-9-5-8-19-22/h5-9,11,13H,10H2,1-4H3,(H2,20,21,23). The van der Waals surface area contributed by atoms with Gasteiger partial charge in [-0.2, -0.15) is 5.10 Å². The van der Waals surface area contributed by atoms with Gasteiger partial charge in [-0.3, -0.25) is 0 Å². The summed E-state index contributed by atoms with van der Waals surface area (Å²) in [6.45, 7) is 8.05. The maximum absolute atomic E-state index is 12.3. The number of hydrogen-bond donors (Lipinski definition) is 2. The van der Waals surface area contributed by atoms with Crippen molar-refractivity contribution < 1.29 is 9.53 Å². The largest absolute Gasteiger partial charge is 0.367 e. The molecule has 2 N–H and O–H groups in total. The van der Waals surface area contributed by atoms with E-state index in [9.17, 15) is 4.79 Å². The van der Waals surface area contributed by atoms with E-state index < -0.39 is 5.60 Å². The van der Waals surface area contributed by atoms with E-state index in [1.54, 1.807) is 29.2 Å². The third kappa shape index (κ3) is 3.56. The quantitative estimate of drug-likeness (QED) is 0.907. The summed E-state index contributed by atoms with van der Waals surface area (Å²) in [5, 5.41) is 9.92. The normalized spacial score (nSPS) is 21.4. The van der Waals surface area contributed by atoms with Gasteiger partial charge in [0, 0.05) is 12.4 Å². The van der Waals surface area contributed by atoms with E-state index in [0.29, 0.717) is 11.5 Å². The zero-order valence-corrected chi connectivity index (χ0v) is 14.4. The summed E-state index contributed by atoms with van der Waals surface area (Å²) >= 11 is 0. The second-order valence-electron chi connectivity index (χ2n) is 7.18. The lowest BCUT2D eigenvalue weighted by atomic mass is 9.95. The molecule has 1 fully saturated rings. The Balaban J connectivity index is 1.61. The molecule has 0 aromatic carbocycles. The van der Waals surface area contributed by atoms with E-state index in [-0.39, 0.29) is 17.7 Å². The number of urea groups is 1. The maximum Gasteiger partial charge on any atom is 0.319 e. The van der Waals surface area contributed by atoms with Crippen LogP contribution in [0.3, 0.4) is 0 Å². The van der Waals surface area contributed by atoms with Crippen LogP contribution < -0.4 is 10.6 Å². The van der Waals surface area contributed by atoms with Crippen molar-refractivity contribution in [2.45, 2.75) is 51.4 Å². The van der Waals surface area contributed by atoms with Gasteiger partial charge >= 0.3 is 6.03 Å². The number of hydrogen-bond acceptors (Lipinski definition) is 4. The van der Waals surface area contributed by atoms with Crippen LogP contribution in [0.1, 0.15) is 34.1 Å². The summed E-state index contributed by atoms with van der Waals surface area (Å²) in [6.07, 6.45) is 5.88. The number of nitrogens with zero attached hydrogens (tertiary/aromatic N) is 3. The third-order valence-electron chi connectivity index (χ3n) is 4.12. The van der Waals surface area contributed by atoms with E-state index in [1.807, 2.05) is 40.0 Å². The molecule has 1 saturated heterocycles. The minimum atomic E-state index is -0.400. The number of carbonyl (C=O) groups is 1. The molecule has 1 atom stereocenters. The lowest BCUT2D eigenvalue weighted by molar-refractivity contribution is -0.0689. The van der Waals surface area contributed by atoms with Crippen LogP contribution in [-0.4, -0.2) is 38.0 Å². The summed E-state index contributed by atoms with van der Waals surface area (Å²) in [4.78, 5) is 16.5. The van der Waals surface area contributed by atoms with Crippen molar-refractivity contribution in [2.24, 2.45) is 0 Å². The van der Waals surface area contributed by atoms with Crippen molar-refractivity contribution in [1.82, 2.24) is 20.1 Å².